The van der Waals surface area contributed by atoms with Gasteiger partial charge in [0.25, 0.3) is 0 Å². The van der Waals surface area contributed by atoms with Crippen LogP contribution in [0.25, 0.3) is 0 Å². The number of ether oxygens (including phenoxy) is 2. The Balaban J connectivity index is 1.33. The van der Waals surface area contributed by atoms with E-state index in [9.17, 15) is 4.79 Å². The summed E-state index contributed by atoms with van der Waals surface area (Å²) in [5.41, 5.74) is 0.753. The van der Waals surface area contributed by atoms with Crippen LogP contribution in [0.1, 0.15) is 12.8 Å². The molecular formula is C18H25N3O3. The number of hydrogen-bond donors (Lipinski definition) is 1. The van der Waals surface area contributed by atoms with Crippen molar-refractivity contribution in [3.05, 3.63) is 24.5 Å². The standard InChI is InChI=1S/C18H25N3O3/c22-18(20-14-2-1-5-19-8-14)16-12-24-17-11-21(10-15(16)17)9-13-3-6-23-7-4-13/h1-2,5,8,13,15-17H,3-4,6-7,9-12H2,(H,20,22)/t15-,16+,17-/m0/s1. The maximum absolute atomic E-state index is 12.6. The molecule has 4 rings (SSSR count). The molecule has 6 heteroatoms. The predicted octanol–water partition coefficient (Wildman–Crippen LogP) is 1.39. The highest BCUT2D eigenvalue weighted by molar-refractivity contribution is 5.92. The number of pyridine rings is 1. The fourth-order valence-corrected chi connectivity index (χ4v) is 4.18. The Labute approximate surface area is 142 Å². The highest BCUT2D eigenvalue weighted by Crippen LogP contribution is 2.35. The van der Waals surface area contributed by atoms with E-state index in [-0.39, 0.29) is 17.9 Å². The molecule has 24 heavy (non-hydrogen) atoms. The van der Waals surface area contributed by atoms with Gasteiger partial charge >= 0.3 is 0 Å². The van der Waals surface area contributed by atoms with Crippen molar-refractivity contribution in [2.24, 2.45) is 17.8 Å². The van der Waals surface area contributed by atoms with Gasteiger partial charge in [0, 0.05) is 45.0 Å². The van der Waals surface area contributed by atoms with Gasteiger partial charge in [0.1, 0.15) is 0 Å². The van der Waals surface area contributed by atoms with Gasteiger partial charge in [-0.15, -0.1) is 0 Å². The highest BCUT2D eigenvalue weighted by Gasteiger charge is 2.47. The number of rotatable bonds is 4. The summed E-state index contributed by atoms with van der Waals surface area (Å²) in [5.74, 6) is 1.03. The van der Waals surface area contributed by atoms with Crippen molar-refractivity contribution < 1.29 is 14.3 Å². The third-order valence-electron chi connectivity index (χ3n) is 5.51. The van der Waals surface area contributed by atoms with E-state index in [4.69, 9.17) is 9.47 Å². The number of aromatic nitrogens is 1. The summed E-state index contributed by atoms with van der Waals surface area (Å²) < 4.78 is 11.4. The molecule has 1 aromatic rings. The number of likely N-dealkylation sites (tertiary alicyclic amines) is 1. The van der Waals surface area contributed by atoms with Crippen LogP contribution in [0.5, 0.6) is 0 Å². The number of nitrogens with one attached hydrogen (secondary N) is 1. The van der Waals surface area contributed by atoms with Crippen LogP contribution in [0, 0.1) is 17.8 Å². The molecule has 1 amide bonds. The minimum absolute atomic E-state index is 0.0587. The summed E-state index contributed by atoms with van der Waals surface area (Å²) in [6.45, 7) is 5.34. The van der Waals surface area contributed by atoms with Gasteiger partial charge < -0.3 is 19.7 Å². The number of fused-ring (bicyclic) bond motifs is 1. The lowest BCUT2D eigenvalue weighted by Gasteiger charge is -2.27. The summed E-state index contributed by atoms with van der Waals surface area (Å²) in [6.07, 6.45) is 5.89. The van der Waals surface area contributed by atoms with Crippen molar-refractivity contribution in [3.8, 4) is 0 Å². The van der Waals surface area contributed by atoms with Gasteiger partial charge in [0.2, 0.25) is 5.91 Å². The zero-order chi connectivity index (χ0) is 16.4. The average molecular weight is 331 g/mol. The third-order valence-corrected chi connectivity index (χ3v) is 5.51. The highest BCUT2D eigenvalue weighted by atomic mass is 16.5. The normalized spacial score (nSPS) is 31.1. The first-order valence-electron chi connectivity index (χ1n) is 8.92. The molecule has 1 aromatic heterocycles. The van der Waals surface area contributed by atoms with Crippen molar-refractivity contribution >= 4 is 11.6 Å². The van der Waals surface area contributed by atoms with E-state index in [1.165, 1.54) is 0 Å². The summed E-state index contributed by atoms with van der Waals surface area (Å²) in [4.78, 5) is 19.1. The van der Waals surface area contributed by atoms with E-state index >= 15 is 0 Å². The summed E-state index contributed by atoms with van der Waals surface area (Å²) in [7, 11) is 0. The first-order valence-corrected chi connectivity index (χ1v) is 8.92. The molecule has 3 aliphatic rings. The first kappa shape index (κ1) is 16.0. The van der Waals surface area contributed by atoms with Crippen LogP contribution >= 0.6 is 0 Å². The van der Waals surface area contributed by atoms with Crippen molar-refractivity contribution in [1.82, 2.24) is 9.88 Å². The molecular weight excluding hydrogens is 306 g/mol. The number of carbonyl (C=O) groups excluding carboxylic acids is 1. The predicted molar refractivity (Wildman–Crippen MR) is 89.6 cm³/mol. The van der Waals surface area contributed by atoms with Crippen LogP contribution in [0.4, 0.5) is 5.69 Å². The zero-order valence-electron chi connectivity index (χ0n) is 13.9. The molecule has 0 unspecified atom stereocenters. The molecule has 1 N–H and O–H groups in total. The molecule has 6 nitrogen and oxygen atoms in total. The lowest BCUT2D eigenvalue weighted by atomic mass is 9.92. The molecule has 0 saturated carbocycles. The molecule has 3 aliphatic heterocycles. The van der Waals surface area contributed by atoms with Crippen molar-refractivity contribution in [2.45, 2.75) is 18.9 Å². The van der Waals surface area contributed by atoms with Crippen LogP contribution in [0.2, 0.25) is 0 Å². The number of nitrogens with zero attached hydrogens (tertiary/aromatic N) is 2. The number of anilines is 1. The Morgan fingerprint density at radius 2 is 2.21 bits per heavy atom. The summed E-state index contributed by atoms with van der Waals surface area (Å²) in [5, 5.41) is 2.98. The van der Waals surface area contributed by atoms with Crippen LogP contribution in [-0.4, -0.2) is 61.3 Å². The molecule has 3 atom stereocenters. The largest absolute Gasteiger partial charge is 0.381 e. The summed E-state index contributed by atoms with van der Waals surface area (Å²) in [6, 6.07) is 3.69. The number of carbonyl (C=O) groups is 1. The van der Waals surface area contributed by atoms with Gasteiger partial charge in [0.05, 0.1) is 30.5 Å². The average Bonchev–Trinajstić information content (AvgIpc) is 3.16. The van der Waals surface area contributed by atoms with Crippen LogP contribution in [0.3, 0.4) is 0 Å². The SMILES string of the molecule is O=C(Nc1cccnc1)[C@@H]1CO[C@H]2CN(CC3CCOCC3)C[C@H]21. The number of amides is 1. The van der Waals surface area contributed by atoms with Crippen LogP contribution in [0.15, 0.2) is 24.5 Å². The van der Waals surface area contributed by atoms with E-state index in [2.05, 4.69) is 15.2 Å². The molecule has 4 heterocycles. The zero-order valence-corrected chi connectivity index (χ0v) is 13.9. The Morgan fingerprint density at radius 1 is 1.33 bits per heavy atom. The topological polar surface area (TPSA) is 63.7 Å². The molecule has 0 bridgehead atoms. The Kier molecular flexibility index (Phi) is 4.78. The molecule has 0 radical (unpaired) electrons. The Bertz CT molecular complexity index is 562. The van der Waals surface area contributed by atoms with E-state index in [0.717, 1.165) is 57.3 Å². The van der Waals surface area contributed by atoms with Gasteiger partial charge in [-0.1, -0.05) is 0 Å². The van der Waals surface area contributed by atoms with Gasteiger partial charge in [-0.3, -0.25) is 9.78 Å². The maximum atomic E-state index is 12.6. The third kappa shape index (κ3) is 3.45. The van der Waals surface area contributed by atoms with E-state index in [1.807, 2.05) is 12.1 Å². The fraction of sp³-hybridized carbons (Fsp3) is 0.667. The maximum Gasteiger partial charge on any atom is 0.230 e. The Morgan fingerprint density at radius 3 is 3.00 bits per heavy atom. The van der Waals surface area contributed by atoms with Gasteiger partial charge in [-0.2, -0.15) is 0 Å². The molecule has 0 spiro atoms. The van der Waals surface area contributed by atoms with Crippen molar-refractivity contribution in [2.75, 3.05) is 44.8 Å². The van der Waals surface area contributed by atoms with Crippen molar-refractivity contribution in [3.63, 3.8) is 0 Å². The first-order chi connectivity index (χ1) is 11.8. The van der Waals surface area contributed by atoms with E-state index < -0.39 is 0 Å². The fourth-order valence-electron chi connectivity index (χ4n) is 4.18. The summed E-state index contributed by atoms with van der Waals surface area (Å²) >= 11 is 0. The Hall–Kier alpha value is -1.50. The van der Waals surface area contributed by atoms with E-state index in [0.29, 0.717) is 12.5 Å². The van der Waals surface area contributed by atoms with Crippen LogP contribution < -0.4 is 5.32 Å². The van der Waals surface area contributed by atoms with Crippen molar-refractivity contribution in [1.29, 1.82) is 0 Å². The second-order valence-electron chi connectivity index (χ2n) is 7.15. The van der Waals surface area contributed by atoms with Gasteiger partial charge in [-0.05, 0) is 30.9 Å². The lowest BCUT2D eigenvalue weighted by Crippen LogP contribution is -2.34. The second kappa shape index (κ2) is 7.17. The molecule has 3 fully saturated rings. The van der Waals surface area contributed by atoms with E-state index in [1.54, 1.807) is 12.4 Å². The molecule has 3 saturated heterocycles. The molecule has 0 aromatic carbocycles. The quantitative estimate of drug-likeness (QED) is 0.903. The number of hydrogen-bond acceptors (Lipinski definition) is 5. The minimum Gasteiger partial charge on any atom is -0.381 e. The van der Waals surface area contributed by atoms with Crippen LogP contribution in [-0.2, 0) is 14.3 Å². The second-order valence-corrected chi connectivity index (χ2v) is 7.15. The monoisotopic (exact) mass is 331 g/mol. The van der Waals surface area contributed by atoms with Gasteiger partial charge in [-0.25, -0.2) is 0 Å². The molecule has 130 valence electrons. The lowest BCUT2D eigenvalue weighted by molar-refractivity contribution is -0.120. The smallest absolute Gasteiger partial charge is 0.230 e. The van der Waals surface area contributed by atoms with Gasteiger partial charge in [0.15, 0.2) is 0 Å². The minimum atomic E-state index is -0.0603. The molecule has 0 aliphatic carbocycles.